The minimum atomic E-state index is -0.144. The molecule has 0 N–H and O–H groups in total. The average molecular weight is 275 g/mol. The van der Waals surface area contributed by atoms with E-state index in [0.29, 0.717) is 16.3 Å². The number of pyridine rings is 2. The van der Waals surface area contributed by atoms with E-state index in [4.69, 9.17) is 16.3 Å². The molecule has 1 aromatic carbocycles. The van der Waals surface area contributed by atoms with Crippen LogP contribution in [0.3, 0.4) is 0 Å². The quantitative estimate of drug-likeness (QED) is 0.641. The van der Waals surface area contributed by atoms with Gasteiger partial charge in [-0.15, -0.1) is 0 Å². The van der Waals surface area contributed by atoms with E-state index in [-0.39, 0.29) is 5.56 Å². The van der Waals surface area contributed by atoms with Crippen molar-refractivity contribution >= 4 is 33.3 Å². The lowest BCUT2D eigenvalue weighted by Crippen LogP contribution is -2.18. The van der Waals surface area contributed by atoms with Crippen molar-refractivity contribution in [1.82, 2.24) is 9.55 Å². The Labute approximate surface area is 114 Å². The van der Waals surface area contributed by atoms with Gasteiger partial charge in [-0.3, -0.25) is 4.79 Å². The molecule has 19 heavy (non-hydrogen) atoms. The van der Waals surface area contributed by atoms with Gasteiger partial charge >= 0.3 is 0 Å². The molecule has 0 aliphatic carbocycles. The van der Waals surface area contributed by atoms with E-state index in [1.54, 1.807) is 29.9 Å². The number of rotatable bonds is 1. The number of aromatic nitrogens is 2. The van der Waals surface area contributed by atoms with Crippen molar-refractivity contribution in [2.75, 3.05) is 7.11 Å². The summed E-state index contributed by atoms with van der Waals surface area (Å²) in [6, 6.07) is 7.31. The third-order valence-corrected chi connectivity index (χ3v) is 3.47. The van der Waals surface area contributed by atoms with Gasteiger partial charge in [0.05, 0.1) is 12.6 Å². The van der Waals surface area contributed by atoms with Crippen LogP contribution in [-0.2, 0) is 7.05 Å². The summed E-state index contributed by atoms with van der Waals surface area (Å²) in [5, 5.41) is 2.86. The van der Waals surface area contributed by atoms with E-state index in [1.165, 1.54) is 7.11 Å². The summed E-state index contributed by atoms with van der Waals surface area (Å²) < 4.78 is 6.75. The SMILES string of the molecule is COc1nccc2c1c(=O)n(C)c1cc(Cl)ccc21. The van der Waals surface area contributed by atoms with Crippen LogP contribution < -0.4 is 10.3 Å². The highest BCUT2D eigenvalue weighted by molar-refractivity contribution is 6.31. The van der Waals surface area contributed by atoms with Crippen LogP contribution in [0, 0.1) is 0 Å². The van der Waals surface area contributed by atoms with Crippen LogP contribution in [0.15, 0.2) is 35.3 Å². The number of halogens is 1. The minimum absolute atomic E-state index is 0.144. The first kappa shape index (κ1) is 12.0. The van der Waals surface area contributed by atoms with Crippen LogP contribution in [0.25, 0.3) is 21.7 Å². The molecule has 0 amide bonds. The zero-order valence-electron chi connectivity index (χ0n) is 10.5. The third-order valence-electron chi connectivity index (χ3n) is 3.24. The molecule has 0 fully saturated rings. The summed E-state index contributed by atoms with van der Waals surface area (Å²) in [5.74, 6) is 0.343. The fourth-order valence-corrected chi connectivity index (χ4v) is 2.48. The summed E-state index contributed by atoms with van der Waals surface area (Å²) in [6.45, 7) is 0. The highest BCUT2D eigenvalue weighted by atomic mass is 35.5. The van der Waals surface area contributed by atoms with E-state index in [9.17, 15) is 4.79 Å². The Bertz CT molecular complexity index is 855. The normalized spacial score (nSPS) is 11.1. The summed E-state index contributed by atoms with van der Waals surface area (Å²) in [6.07, 6.45) is 1.63. The Morgan fingerprint density at radius 1 is 1.26 bits per heavy atom. The molecule has 3 aromatic rings. The van der Waals surface area contributed by atoms with Gasteiger partial charge in [0.25, 0.3) is 5.56 Å². The maximum atomic E-state index is 12.4. The first-order valence-corrected chi connectivity index (χ1v) is 6.12. The Morgan fingerprint density at radius 3 is 2.79 bits per heavy atom. The van der Waals surface area contributed by atoms with Crippen LogP contribution in [0.5, 0.6) is 5.88 Å². The van der Waals surface area contributed by atoms with Crippen LogP contribution in [-0.4, -0.2) is 16.7 Å². The largest absolute Gasteiger partial charge is 0.480 e. The number of aryl methyl sites for hydroxylation is 1. The van der Waals surface area contributed by atoms with Crippen molar-refractivity contribution in [3.63, 3.8) is 0 Å². The monoisotopic (exact) mass is 274 g/mol. The van der Waals surface area contributed by atoms with Gasteiger partial charge in [-0.2, -0.15) is 0 Å². The molecule has 0 bridgehead atoms. The van der Waals surface area contributed by atoms with E-state index in [0.717, 1.165) is 16.3 Å². The topological polar surface area (TPSA) is 44.1 Å². The van der Waals surface area contributed by atoms with Gasteiger partial charge in [-0.1, -0.05) is 17.7 Å². The lowest BCUT2D eigenvalue weighted by atomic mass is 10.1. The van der Waals surface area contributed by atoms with Crippen molar-refractivity contribution in [3.8, 4) is 5.88 Å². The molecule has 0 saturated carbocycles. The highest BCUT2D eigenvalue weighted by Gasteiger charge is 2.13. The zero-order chi connectivity index (χ0) is 13.6. The molecule has 0 atom stereocenters. The summed E-state index contributed by atoms with van der Waals surface area (Å²) in [4.78, 5) is 16.5. The van der Waals surface area contributed by atoms with Crippen LogP contribution in [0.2, 0.25) is 5.02 Å². The van der Waals surface area contributed by atoms with Crippen LogP contribution in [0.4, 0.5) is 0 Å². The molecule has 5 heteroatoms. The average Bonchev–Trinajstić information content (AvgIpc) is 2.43. The molecule has 0 radical (unpaired) electrons. The second-order valence-corrected chi connectivity index (χ2v) is 4.70. The molecule has 0 aliphatic rings. The Balaban J connectivity index is 2.66. The van der Waals surface area contributed by atoms with Crippen molar-refractivity contribution in [1.29, 1.82) is 0 Å². The number of nitrogens with zero attached hydrogens (tertiary/aromatic N) is 2. The molecule has 0 unspecified atom stereocenters. The molecule has 0 spiro atoms. The van der Waals surface area contributed by atoms with Gasteiger partial charge in [0.1, 0.15) is 5.39 Å². The number of benzene rings is 1. The smallest absolute Gasteiger partial charge is 0.264 e. The number of ether oxygens (including phenoxy) is 1. The van der Waals surface area contributed by atoms with Gasteiger partial charge in [0.2, 0.25) is 5.88 Å². The second-order valence-electron chi connectivity index (χ2n) is 4.27. The van der Waals surface area contributed by atoms with Crippen LogP contribution in [0.1, 0.15) is 0 Å². The Hall–Kier alpha value is -2.07. The Morgan fingerprint density at radius 2 is 2.05 bits per heavy atom. The molecule has 2 heterocycles. The first-order chi connectivity index (χ1) is 9.13. The first-order valence-electron chi connectivity index (χ1n) is 5.74. The number of methoxy groups -OCH3 is 1. The number of hydrogen-bond donors (Lipinski definition) is 0. The van der Waals surface area contributed by atoms with Gasteiger partial charge in [0, 0.05) is 29.0 Å². The number of fused-ring (bicyclic) bond motifs is 3. The Kier molecular flexibility index (Phi) is 2.68. The molecule has 0 saturated heterocycles. The van der Waals surface area contributed by atoms with Crippen molar-refractivity contribution < 1.29 is 4.74 Å². The second kappa shape index (κ2) is 4.24. The predicted molar refractivity (Wildman–Crippen MR) is 76.1 cm³/mol. The standard InChI is InChI=1S/C14H11ClN2O2/c1-17-11-7-8(15)3-4-9(11)10-5-6-16-13(19-2)12(10)14(17)18/h3-7H,1-2H3. The van der Waals surface area contributed by atoms with Gasteiger partial charge in [-0.25, -0.2) is 4.98 Å². The van der Waals surface area contributed by atoms with Crippen LogP contribution >= 0.6 is 11.6 Å². The number of hydrogen-bond acceptors (Lipinski definition) is 3. The van der Waals surface area contributed by atoms with Gasteiger partial charge < -0.3 is 9.30 Å². The lowest BCUT2D eigenvalue weighted by Gasteiger charge is -2.10. The summed E-state index contributed by atoms with van der Waals surface area (Å²) in [5.41, 5.74) is 0.646. The maximum absolute atomic E-state index is 12.4. The van der Waals surface area contributed by atoms with Gasteiger partial charge in [-0.05, 0) is 18.2 Å². The molecule has 0 aliphatic heterocycles. The molecule has 96 valence electrons. The van der Waals surface area contributed by atoms with E-state index >= 15 is 0 Å². The van der Waals surface area contributed by atoms with E-state index < -0.39 is 0 Å². The molecule has 2 aromatic heterocycles. The minimum Gasteiger partial charge on any atom is -0.480 e. The van der Waals surface area contributed by atoms with Crippen molar-refractivity contribution in [2.45, 2.75) is 0 Å². The fourth-order valence-electron chi connectivity index (χ4n) is 2.32. The summed E-state index contributed by atoms with van der Waals surface area (Å²) in [7, 11) is 3.22. The van der Waals surface area contributed by atoms with E-state index in [1.807, 2.05) is 12.1 Å². The van der Waals surface area contributed by atoms with Crippen molar-refractivity contribution in [3.05, 3.63) is 45.8 Å². The third kappa shape index (κ3) is 1.68. The molecular weight excluding hydrogens is 264 g/mol. The lowest BCUT2D eigenvalue weighted by molar-refractivity contribution is 0.403. The predicted octanol–water partition coefficient (Wildman–Crippen LogP) is 2.75. The molecule has 3 rings (SSSR count). The fraction of sp³-hybridized carbons (Fsp3) is 0.143. The van der Waals surface area contributed by atoms with Gasteiger partial charge in [0.15, 0.2) is 0 Å². The summed E-state index contributed by atoms with van der Waals surface area (Å²) >= 11 is 6.00. The molecular formula is C14H11ClN2O2. The van der Waals surface area contributed by atoms with E-state index in [2.05, 4.69) is 4.98 Å². The zero-order valence-corrected chi connectivity index (χ0v) is 11.2. The highest BCUT2D eigenvalue weighted by Crippen LogP contribution is 2.28. The maximum Gasteiger partial charge on any atom is 0.264 e. The van der Waals surface area contributed by atoms with Crippen molar-refractivity contribution in [2.24, 2.45) is 7.05 Å². The molecule has 4 nitrogen and oxygen atoms in total.